The van der Waals surface area contributed by atoms with Crippen LogP contribution in [0.15, 0.2) is 35.1 Å². The van der Waals surface area contributed by atoms with Gasteiger partial charge in [-0.25, -0.2) is 0 Å². The van der Waals surface area contributed by atoms with Crippen molar-refractivity contribution in [3.8, 4) is 0 Å². The van der Waals surface area contributed by atoms with Crippen LogP contribution in [0.1, 0.15) is 59.8 Å². The molecule has 0 aromatic heterocycles. The van der Waals surface area contributed by atoms with Crippen LogP contribution in [0.25, 0.3) is 0 Å². The number of hydrogen-bond acceptors (Lipinski definition) is 1. The number of aliphatic hydroxyl groups excluding tert-OH is 1. The maximum absolute atomic E-state index is 9.31. The molecule has 16 heavy (non-hydrogen) atoms. The van der Waals surface area contributed by atoms with E-state index in [-0.39, 0.29) is 0 Å². The molecule has 0 fully saturated rings. The normalized spacial score (nSPS) is 14.4. The topological polar surface area (TPSA) is 20.2 Å². The largest absolute Gasteiger partial charge is 0.512 e. The van der Waals surface area contributed by atoms with Gasteiger partial charge >= 0.3 is 0 Å². The van der Waals surface area contributed by atoms with Gasteiger partial charge in [0.25, 0.3) is 0 Å². The van der Waals surface area contributed by atoms with Gasteiger partial charge in [0.2, 0.25) is 0 Å². The summed E-state index contributed by atoms with van der Waals surface area (Å²) in [5, 5.41) is 9.31. The average molecular weight is 222 g/mol. The maximum atomic E-state index is 9.31. The lowest BCUT2D eigenvalue weighted by atomic mass is 10.1. The monoisotopic (exact) mass is 222 g/mol. The van der Waals surface area contributed by atoms with E-state index >= 15 is 0 Å². The van der Waals surface area contributed by atoms with Crippen molar-refractivity contribution in [2.75, 3.05) is 0 Å². The van der Waals surface area contributed by atoms with Crippen LogP contribution in [0.5, 0.6) is 0 Å². The lowest BCUT2D eigenvalue weighted by molar-refractivity contribution is 0.408. The van der Waals surface area contributed by atoms with Crippen LogP contribution >= 0.6 is 0 Å². The molecule has 0 radical (unpaired) electrons. The molecule has 0 saturated heterocycles. The zero-order valence-electron chi connectivity index (χ0n) is 11.2. The summed E-state index contributed by atoms with van der Waals surface area (Å²) in [4.78, 5) is 0. The lowest BCUT2D eigenvalue weighted by Gasteiger charge is -2.01. The molecule has 92 valence electrons. The quantitative estimate of drug-likeness (QED) is 0.351. The van der Waals surface area contributed by atoms with Crippen LogP contribution in [0.4, 0.5) is 0 Å². The van der Waals surface area contributed by atoms with Crippen LogP contribution in [0, 0.1) is 0 Å². The predicted octanol–water partition coefficient (Wildman–Crippen LogP) is 5.31. The third kappa shape index (κ3) is 7.33. The summed E-state index contributed by atoms with van der Waals surface area (Å²) >= 11 is 0. The minimum Gasteiger partial charge on any atom is -0.512 e. The summed E-state index contributed by atoms with van der Waals surface area (Å²) in [6, 6.07) is 0. The van der Waals surface area contributed by atoms with Gasteiger partial charge in [-0.05, 0) is 44.8 Å². The van der Waals surface area contributed by atoms with E-state index in [1.807, 2.05) is 13.8 Å². The molecule has 0 rings (SSSR count). The standard InChI is InChI=1S/C15H26O/c1-5-6-7-8-9-10-11-12-13(2)14(3)15(4)16/h10-12,16H,5-9H2,1-4H3/b11-10+,13-12+,15-14+. The predicted molar refractivity (Wildman–Crippen MR) is 72.7 cm³/mol. The van der Waals surface area contributed by atoms with Gasteiger partial charge in [-0.3, -0.25) is 0 Å². The smallest absolute Gasteiger partial charge is 0.0923 e. The molecule has 0 aliphatic heterocycles. The minimum absolute atomic E-state index is 0.407. The van der Waals surface area contributed by atoms with Gasteiger partial charge in [-0.1, -0.05) is 44.4 Å². The fraction of sp³-hybridized carbons (Fsp3) is 0.600. The van der Waals surface area contributed by atoms with E-state index in [4.69, 9.17) is 0 Å². The summed E-state index contributed by atoms with van der Waals surface area (Å²) in [6.45, 7) is 7.92. The Morgan fingerprint density at radius 3 is 2.31 bits per heavy atom. The summed E-state index contributed by atoms with van der Waals surface area (Å²) in [7, 11) is 0. The third-order valence-corrected chi connectivity index (χ3v) is 2.84. The lowest BCUT2D eigenvalue weighted by Crippen LogP contribution is -1.84. The molecule has 0 aliphatic rings. The van der Waals surface area contributed by atoms with Gasteiger partial charge < -0.3 is 5.11 Å². The maximum Gasteiger partial charge on any atom is 0.0923 e. The van der Waals surface area contributed by atoms with E-state index in [0.717, 1.165) is 17.6 Å². The number of allylic oxidation sites excluding steroid dienone is 6. The first-order chi connectivity index (χ1) is 7.59. The first kappa shape index (κ1) is 15.0. The molecule has 0 bridgehead atoms. The molecule has 0 saturated carbocycles. The van der Waals surface area contributed by atoms with Gasteiger partial charge in [-0.15, -0.1) is 0 Å². The average Bonchev–Trinajstić information content (AvgIpc) is 2.26. The van der Waals surface area contributed by atoms with Gasteiger partial charge in [0, 0.05) is 0 Å². The van der Waals surface area contributed by atoms with Crippen molar-refractivity contribution < 1.29 is 5.11 Å². The second-order valence-electron chi connectivity index (χ2n) is 4.34. The van der Waals surface area contributed by atoms with E-state index < -0.39 is 0 Å². The second-order valence-corrected chi connectivity index (χ2v) is 4.34. The molecule has 1 N–H and O–H groups in total. The SMILES string of the molecule is CCCCCC/C=C/C=C(C)/C(C)=C(\C)O. The van der Waals surface area contributed by atoms with Crippen molar-refractivity contribution in [2.24, 2.45) is 0 Å². The van der Waals surface area contributed by atoms with E-state index in [1.54, 1.807) is 6.92 Å². The highest BCUT2D eigenvalue weighted by atomic mass is 16.3. The Labute approximate surface area is 101 Å². The molecule has 0 aromatic rings. The van der Waals surface area contributed by atoms with Crippen LogP contribution in [0.2, 0.25) is 0 Å². The Balaban J connectivity index is 3.89. The van der Waals surface area contributed by atoms with Gasteiger partial charge in [0.15, 0.2) is 0 Å². The molecule has 1 heteroatoms. The van der Waals surface area contributed by atoms with Crippen LogP contribution < -0.4 is 0 Å². The summed E-state index contributed by atoms with van der Waals surface area (Å²) < 4.78 is 0. The fourth-order valence-electron chi connectivity index (χ4n) is 1.41. The van der Waals surface area contributed by atoms with Gasteiger partial charge in [-0.2, -0.15) is 0 Å². The molecule has 0 atom stereocenters. The van der Waals surface area contributed by atoms with Crippen LogP contribution in [-0.4, -0.2) is 5.11 Å². The van der Waals surface area contributed by atoms with Gasteiger partial charge in [0.1, 0.15) is 0 Å². The highest BCUT2D eigenvalue weighted by Crippen LogP contribution is 2.11. The summed E-state index contributed by atoms with van der Waals surface area (Å²) in [5.74, 6) is 0.407. The highest BCUT2D eigenvalue weighted by Gasteiger charge is 1.95. The first-order valence-electron chi connectivity index (χ1n) is 6.29. The fourth-order valence-corrected chi connectivity index (χ4v) is 1.41. The molecular weight excluding hydrogens is 196 g/mol. The van der Waals surface area contributed by atoms with E-state index in [1.165, 1.54) is 25.7 Å². The summed E-state index contributed by atoms with van der Waals surface area (Å²) in [5.41, 5.74) is 2.10. The zero-order chi connectivity index (χ0) is 12.4. The van der Waals surface area contributed by atoms with E-state index in [2.05, 4.69) is 25.2 Å². The van der Waals surface area contributed by atoms with Crippen molar-refractivity contribution >= 4 is 0 Å². The Morgan fingerprint density at radius 2 is 1.75 bits per heavy atom. The van der Waals surface area contributed by atoms with Crippen molar-refractivity contribution in [3.05, 3.63) is 35.1 Å². The van der Waals surface area contributed by atoms with E-state index in [0.29, 0.717) is 5.76 Å². The van der Waals surface area contributed by atoms with E-state index in [9.17, 15) is 5.11 Å². The van der Waals surface area contributed by atoms with Crippen molar-refractivity contribution in [3.63, 3.8) is 0 Å². The van der Waals surface area contributed by atoms with Crippen LogP contribution in [-0.2, 0) is 0 Å². The number of rotatable bonds is 7. The second kappa shape index (κ2) is 9.26. The third-order valence-electron chi connectivity index (χ3n) is 2.84. The molecule has 0 amide bonds. The van der Waals surface area contributed by atoms with Crippen molar-refractivity contribution in [1.82, 2.24) is 0 Å². The molecule has 0 aromatic carbocycles. The van der Waals surface area contributed by atoms with Crippen LogP contribution in [0.3, 0.4) is 0 Å². The highest BCUT2D eigenvalue weighted by molar-refractivity contribution is 5.31. The number of unbranched alkanes of at least 4 members (excludes halogenated alkanes) is 4. The first-order valence-corrected chi connectivity index (χ1v) is 6.29. The Hall–Kier alpha value is -0.980. The Bertz CT molecular complexity index is 265. The van der Waals surface area contributed by atoms with Crippen molar-refractivity contribution in [2.45, 2.75) is 59.8 Å². The Kier molecular flexibility index (Phi) is 8.69. The molecule has 0 spiro atoms. The molecule has 0 unspecified atom stereocenters. The molecule has 1 nitrogen and oxygen atoms in total. The van der Waals surface area contributed by atoms with Crippen molar-refractivity contribution in [1.29, 1.82) is 0 Å². The number of hydrogen-bond donors (Lipinski definition) is 1. The molecular formula is C15H26O. The minimum atomic E-state index is 0.407. The zero-order valence-corrected chi connectivity index (χ0v) is 11.2. The molecule has 0 aliphatic carbocycles. The number of aliphatic hydroxyl groups is 1. The van der Waals surface area contributed by atoms with Gasteiger partial charge in [0.05, 0.1) is 5.76 Å². The Morgan fingerprint density at radius 1 is 1.06 bits per heavy atom. The summed E-state index contributed by atoms with van der Waals surface area (Å²) in [6.07, 6.45) is 12.8. The molecule has 0 heterocycles.